The first-order chi connectivity index (χ1) is 34.3. The Morgan fingerprint density at radius 1 is 0.203 bits per heavy atom. The fourth-order valence-corrected chi connectivity index (χ4v) is 11.4. The molecule has 2 aliphatic rings. The first-order valence-electron chi connectivity index (χ1n) is 23.8. The maximum absolute atomic E-state index is 2.47. The van der Waals surface area contributed by atoms with Crippen molar-refractivity contribution >= 4 is 34.1 Å². The Morgan fingerprint density at radius 3 is 0.913 bits per heavy atom. The molecule has 0 heterocycles. The topological polar surface area (TPSA) is 6.48 Å². The maximum atomic E-state index is 2.47. The van der Waals surface area contributed by atoms with Crippen LogP contribution in [0.4, 0.5) is 34.1 Å². The largest absolute Gasteiger partial charge is 0.310 e. The lowest BCUT2D eigenvalue weighted by Gasteiger charge is -2.36. The molecular weight excluding hydrogens is 833 g/mol. The van der Waals surface area contributed by atoms with Crippen LogP contribution in [0.5, 0.6) is 0 Å². The fraction of sp³-hybridized carbons (Fsp3) is 0.0149. The van der Waals surface area contributed by atoms with Crippen LogP contribution in [0.3, 0.4) is 0 Å². The van der Waals surface area contributed by atoms with Crippen molar-refractivity contribution in [3.63, 3.8) is 0 Å². The van der Waals surface area contributed by atoms with Crippen LogP contribution < -0.4 is 9.80 Å². The highest BCUT2D eigenvalue weighted by atomic mass is 15.2. The van der Waals surface area contributed by atoms with Gasteiger partial charge in [0.2, 0.25) is 0 Å². The lowest BCUT2D eigenvalue weighted by molar-refractivity contribution is 0.775. The van der Waals surface area contributed by atoms with E-state index in [0.717, 1.165) is 34.1 Å². The van der Waals surface area contributed by atoms with Gasteiger partial charge >= 0.3 is 0 Å². The molecule has 1 spiro atoms. The Balaban J connectivity index is 1.12. The van der Waals surface area contributed by atoms with Gasteiger partial charge in [0, 0.05) is 33.9 Å². The SMILES string of the molecule is c1ccc(-c2ccccc2N(c2ccccc2)c2ccc3c(c2)-c2cc(N(c4ccccc4)c4ccccc4-c4ccccc4)ccc2C32c3ccccc3-c3ccccc3-c3ccccc32)cc1. The second-order valence-corrected chi connectivity index (χ2v) is 18.0. The summed E-state index contributed by atoms with van der Waals surface area (Å²) in [5.74, 6) is 0. The van der Waals surface area contributed by atoms with Gasteiger partial charge in [-0.15, -0.1) is 0 Å². The quantitative estimate of drug-likeness (QED) is 0.150. The normalized spacial score (nSPS) is 12.5. The van der Waals surface area contributed by atoms with E-state index in [1.165, 1.54) is 77.9 Å². The van der Waals surface area contributed by atoms with E-state index in [-0.39, 0.29) is 0 Å². The number of benzene rings is 11. The van der Waals surface area contributed by atoms with Gasteiger partial charge in [-0.2, -0.15) is 0 Å². The van der Waals surface area contributed by atoms with E-state index in [1.807, 2.05) is 0 Å². The molecule has 13 rings (SSSR count). The molecule has 0 radical (unpaired) electrons. The van der Waals surface area contributed by atoms with Crippen LogP contribution in [-0.4, -0.2) is 0 Å². The first kappa shape index (κ1) is 40.3. The molecule has 2 nitrogen and oxygen atoms in total. The molecule has 0 fully saturated rings. The highest BCUT2D eigenvalue weighted by molar-refractivity contribution is 6.00. The van der Waals surface area contributed by atoms with Crippen LogP contribution in [-0.2, 0) is 5.41 Å². The average Bonchev–Trinajstić information content (AvgIpc) is 3.66. The van der Waals surface area contributed by atoms with Gasteiger partial charge < -0.3 is 9.80 Å². The molecule has 0 saturated carbocycles. The molecule has 0 aromatic heterocycles. The number of para-hydroxylation sites is 4. The molecule has 0 N–H and O–H groups in total. The summed E-state index contributed by atoms with van der Waals surface area (Å²) in [4.78, 5) is 4.88. The molecule has 0 atom stereocenters. The highest BCUT2D eigenvalue weighted by Crippen LogP contribution is 2.63. The van der Waals surface area contributed by atoms with E-state index in [2.05, 4.69) is 289 Å². The fourth-order valence-electron chi connectivity index (χ4n) is 11.4. The minimum Gasteiger partial charge on any atom is -0.310 e. The zero-order valence-electron chi connectivity index (χ0n) is 38.0. The van der Waals surface area contributed by atoms with E-state index < -0.39 is 5.41 Å². The number of nitrogens with zero attached hydrogens (tertiary/aromatic N) is 2. The number of hydrogen-bond acceptors (Lipinski definition) is 2. The molecule has 0 bridgehead atoms. The molecule has 0 unspecified atom stereocenters. The van der Waals surface area contributed by atoms with Crippen LogP contribution >= 0.6 is 0 Å². The third-order valence-electron chi connectivity index (χ3n) is 14.3. The zero-order valence-corrected chi connectivity index (χ0v) is 38.0. The van der Waals surface area contributed by atoms with Crippen LogP contribution in [0, 0.1) is 0 Å². The molecule has 0 aliphatic heterocycles. The van der Waals surface area contributed by atoms with Crippen molar-refractivity contribution in [1.29, 1.82) is 0 Å². The smallest absolute Gasteiger partial charge is 0.0725 e. The highest BCUT2D eigenvalue weighted by Gasteiger charge is 2.50. The second-order valence-electron chi connectivity index (χ2n) is 18.0. The van der Waals surface area contributed by atoms with Crippen LogP contribution in [0.15, 0.2) is 279 Å². The Morgan fingerprint density at radius 2 is 0.507 bits per heavy atom. The molecule has 0 saturated heterocycles. The summed E-state index contributed by atoms with van der Waals surface area (Å²) in [7, 11) is 0. The van der Waals surface area contributed by atoms with E-state index in [0.29, 0.717) is 0 Å². The number of anilines is 6. The standard InChI is InChI=1S/C67H46N2/c1-5-23-47(24-6-1)53-31-17-21-39-65(53)68(49-27-9-3-10-28-49)51-41-43-63-59(45-51)60-46-52(69(50-29-11-4-12-30-50)66-40-22-18-32-54(66)48-25-7-2-8-26-48)42-44-64(60)67(63)61-37-19-15-35-57(61)55-33-13-14-34-56(55)58-36-16-20-38-62(58)67/h1-46H. The van der Waals surface area contributed by atoms with Gasteiger partial charge in [0.15, 0.2) is 0 Å². The molecular formula is C67H46N2. The van der Waals surface area contributed by atoms with Gasteiger partial charge in [0.25, 0.3) is 0 Å². The maximum Gasteiger partial charge on any atom is 0.0725 e. The van der Waals surface area contributed by atoms with Crippen molar-refractivity contribution < 1.29 is 0 Å². The third-order valence-corrected chi connectivity index (χ3v) is 14.3. The minimum atomic E-state index is -0.646. The van der Waals surface area contributed by atoms with Gasteiger partial charge in [-0.25, -0.2) is 0 Å². The molecule has 69 heavy (non-hydrogen) atoms. The Hall–Kier alpha value is -8.98. The summed E-state index contributed by atoms with van der Waals surface area (Å²) in [5, 5.41) is 0. The lowest BCUT2D eigenvalue weighted by atomic mass is 9.66. The lowest BCUT2D eigenvalue weighted by Crippen LogP contribution is -2.29. The van der Waals surface area contributed by atoms with E-state index >= 15 is 0 Å². The van der Waals surface area contributed by atoms with Gasteiger partial charge in [-0.1, -0.05) is 218 Å². The van der Waals surface area contributed by atoms with Gasteiger partial charge in [0.1, 0.15) is 0 Å². The Bertz CT molecular complexity index is 3430. The first-order valence-corrected chi connectivity index (χ1v) is 23.8. The van der Waals surface area contributed by atoms with Crippen molar-refractivity contribution in [2.45, 2.75) is 5.41 Å². The van der Waals surface area contributed by atoms with Crippen molar-refractivity contribution in [2.24, 2.45) is 0 Å². The summed E-state index contributed by atoms with van der Waals surface area (Å²) in [6.45, 7) is 0. The van der Waals surface area contributed by atoms with Gasteiger partial charge in [-0.05, 0) is 127 Å². The minimum absolute atomic E-state index is 0.646. The Kier molecular flexibility index (Phi) is 9.77. The molecule has 11 aromatic rings. The summed E-state index contributed by atoms with van der Waals surface area (Å²) in [6, 6.07) is 103. The summed E-state index contributed by atoms with van der Waals surface area (Å²) in [6.07, 6.45) is 0. The molecule has 324 valence electrons. The van der Waals surface area contributed by atoms with Crippen LogP contribution in [0.2, 0.25) is 0 Å². The third kappa shape index (κ3) is 6.48. The predicted octanol–water partition coefficient (Wildman–Crippen LogP) is 18.0. The molecule has 11 aromatic carbocycles. The van der Waals surface area contributed by atoms with Gasteiger partial charge in [0.05, 0.1) is 16.8 Å². The monoisotopic (exact) mass is 878 g/mol. The average molecular weight is 879 g/mol. The van der Waals surface area contributed by atoms with E-state index in [9.17, 15) is 0 Å². The molecule has 0 amide bonds. The predicted molar refractivity (Wildman–Crippen MR) is 288 cm³/mol. The number of fused-ring (bicyclic) bond motifs is 12. The molecule has 2 heteroatoms. The zero-order chi connectivity index (χ0) is 45.7. The Labute approximate surface area is 404 Å². The number of rotatable bonds is 8. The second kappa shape index (κ2) is 16.7. The van der Waals surface area contributed by atoms with E-state index in [4.69, 9.17) is 0 Å². The summed E-state index contributed by atoms with van der Waals surface area (Å²) < 4.78 is 0. The summed E-state index contributed by atoms with van der Waals surface area (Å²) >= 11 is 0. The van der Waals surface area contributed by atoms with Crippen molar-refractivity contribution in [3.05, 3.63) is 301 Å². The van der Waals surface area contributed by atoms with Crippen LogP contribution in [0.25, 0.3) is 55.6 Å². The van der Waals surface area contributed by atoms with Crippen LogP contribution in [0.1, 0.15) is 22.3 Å². The number of hydrogen-bond donors (Lipinski definition) is 0. The van der Waals surface area contributed by atoms with Crippen molar-refractivity contribution in [1.82, 2.24) is 0 Å². The van der Waals surface area contributed by atoms with Crippen molar-refractivity contribution in [2.75, 3.05) is 9.80 Å². The van der Waals surface area contributed by atoms with E-state index in [1.54, 1.807) is 0 Å². The molecule has 2 aliphatic carbocycles. The van der Waals surface area contributed by atoms with Gasteiger partial charge in [-0.3, -0.25) is 0 Å². The summed E-state index contributed by atoms with van der Waals surface area (Å²) in [5.41, 5.74) is 23.2. The van der Waals surface area contributed by atoms with Crippen molar-refractivity contribution in [3.8, 4) is 55.6 Å².